The molecule has 0 atom stereocenters. The number of hydrogen-bond donors (Lipinski definition) is 0. The second-order valence-electron chi connectivity index (χ2n) is 4.16. The highest BCUT2D eigenvalue weighted by Crippen LogP contribution is 2.25. The van der Waals surface area contributed by atoms with Crippen LogP contribution >= 0.6 is 11.6 Å². The molecule has 0 saturated heterocycles. The van der Waals surface area contributed by atoms with Gasteiger partial charge in [-0.05, 0) is 17.7 Å². The van der Waals surface area contributed by atoms with Gasteiger partial charge in [0.05, 0.1) is 15.7 Å². The molecule has 1 aromatic carbocycles. The summed E-state index contributed by atoms with van der Waals surface area (Å²) in [6, 6.07) is 7.51. The Kier molecular flexibility index (Phi) is 4.10. The van der Waals surface area contributed by atoms with Crippen molar-refractivity contribution in [2.45, 2.75) is 10.8 Å². The number of nitro benzene ring substituents is 1. The van der Waals surface area contributed by atoms with E-state index in [0.29, 0.717) is 0 Å². The molecule has 0 aliphatic rings. The highest BCUT2D eigenvalue weighted by molar-refractivity contribution is 7.90. The Morgan fingerprint density at radius 3 is 2.52 bits per heavy atom. The first kappa shape index (κ1) is 15.2. The molecule has 0 bridgehead atoms. The molecule has 0 aliphatic carbocycles. The van der Waals surface area contributed by atoms with Crippen molar-refractivity contribution < 1.29 is 18.1 Å². The van der Waals surface area contributed by atoms with E-state index in [2.05, 4.69) is 0 Å². The minimum atomic E-state index is -3.90. The average molecular weight is 329 g/mol. The minimum Gasteiger partial charge on any atom is -0.618 e. The van der Waals surface area contributed by atoms with Crippen LogP contribution in [0.25, 0.3) is 0 Å². The van der Waals surface area contributed by atoms with Gasteiger partial charge in [0.25, 0.3) is 5.69 Å². The number of aromatic nitrogens is 1. The Morgan fingerprint density at radius 1 is 1.24 bits per heavy atom. The van der Waals surface area contributed by atoms with Crippen LogP contribution < -0.4 is 4.73 Å². The van der Waals surface area contributed by atoms with Crippen LogP contribution in [0.5, 0.6) is 0 Å². The first-order chi connectivity index (χ1) is 9.81. The second-order valence-corrected chi connectivity index (χ2v) is 6.50. The number of benzene rings is 1. The number of nitrogens with zero attached hydrogens (tertiary/aromatic N) is 2. The van der Waals surface area contributed by atoms with E-state index < -0.39 is 25.5 Å². The minimum absolute atomic E-state index is 0.0406. The van der Waals surface area contributed by atoms with Gasteiger partial charge < -0.3 is 5.21 Å². The second kappa shape index (κ2) is 5.66. The summed E-state index contributed by atoms with van der Waals surface area (Å²) in [7, 11) is -3.90. The summed E-state index contributed by atoms with van der Waals surface area (Å²) in [6.45, 7) is 0. The van der Waals surface area contributed by atoms with Crippen LogP contribution in [0.4, 0.5) is 5.69 Å². The molecule has 110 valence electrons. The van der Waals surface area contributed by atoms with E-state index in [1.54, 1.807) is 0 Å². The van der Waals surface area contributed by atoms with Crippen LogP contribution in [0, 0.1) is 15.3 Å². The molecule has 0 unspecified atom stereocenters. The Morgan fingerprint density at radius 2 is 1.95 bits per heavy atom. The fraction of sp³-hybridized carbons (Fsp3) is 0.0833. The van der Waals surface area contributed by atoms with E-state index in [0.717, 1.165) is 18.3 Å². The van der Waals surface area contributed by atoms with E-state index in [1.807, 2.05) is 0 Å². The third kappa shape index (κ3) is 3.29. The summed E-state index contributed by atoms with van der Waals surface area (Å²) in [5, 5.41) is 21.7. The zero-order valence-electron chi connectivity index (χ0n) is 10.5. The Labute approximate surface area is 125 Å². The van der Waals surface area contributed by atoms with Crippen molar-refractivity contribution in [3.8, 4) is 0 Å². The van der Waals surface area contributed by atoms with Gasteiger partial charge in [-0.2, -0.15) is 4.73 Å². The van der Waals surface area contributed by atoms with Crippen LogP contribution in [-0.2, 0) is 15.6 Å². The number of rotatable bonds is 4. The van der Waals surface area contributed by atoms with Crippen LogP contribution in [0.15, 0.2) is 47.6 Å². The molecule has 9 heteroatoms. The Hall–Kier alpha value is -2.19. The van der Waals surface area contributed by atoms with Crippen molar-refractivity contribution >= 4 is 27.1 Å². The molecule has 0 radical (unpaired) electrons. The third-order valence-corrected chi connectivity index (χ3v) is 4.70. The fourth-order valence-corrected chi connectivity index (χ4v) is 3.45. The van der Waals surface area contributed by atoms with Crippen molar-refractivity contribution in [2.75, 3.05) is 0 Å². The first-order valence-corrected chi connectivity index (χ1v) is 7.68. The molecule has 2 aromatic rings. The van der Waals surface area contributed by atoms with E-state index in [9.17, 15) is 23.7 Å². The number of pyridine rings is 1. The zero-order valence-corrected chi connectivity index (χ0v) is 12.0. The van der Waals surface area contributed by atoms with Gasteiger partial charge in [0.15, 0.2) is 6.20 Å². The molecule has 1 heterocycles. The predicted octanol–water partition coefficient (Wildman–Crippen LogP) is 1.86. The SMILES string of the molecule is O=[N+]([O-])c1ccc(CS(=O)(=O)c2cccc[n+]2[O-])c(Cl)c1. The molecule has 0 N–H and O–H groups in total. The molecule has 0 spiro atoms. The molecule has 1 aromatic heterocycles. The molecule has 7 nitrogen and oxygen atoms in total. The van der Waals surface area contributed by atoms with Gasteiger partial charge >= 0.3 is 5.03 Å². The molecule has 0 aliphatic heterocycles. The molecule has 21 heavy (non-hydrogen) atoms. The summed E-state index contributed by atoms with van der Waals surface area (Å²) in [5.41, 5.74) is -0.0501. The summed E-state index contributed by atoms with van der Waals surface area (Å²) in [4.78, 5) is 9.97. The summed E-state index contributed by atoms with van der Waals surface area (Å²) >= 11 is 5.85. The normalized spacial score (nSPS) is 11.3. The maximum atomic E-state index is 12.2. The van der Waals surface area contributed by atoms with Crippen molar-refractivity contribution in [2.24, 2.45) is 0 Å². The van der Waals surface area contributed by atoms with E-state index in [4.69, 9.17) is 11.6 Å². The van der Waals surface area contributed by atoms with E-state index in [1.165, 1.54) is 24.3 Å². The third-order valence-electron chi connectivity index (χ3n) is 2.70. The lowest BCUT2D eigenvalue weighted by Gasteiger charge is -2.06. The van der Waals surface area contributed by atoms with Crippen molar-refractivity contribution in [1.29, 1.82) is 0 Å². The maximum Gasteiger partial charge on any atom is 0.308 e. The van der Waals surface area contributed by atoms with Gasteiger partial charge in [0.2, 0.25) is 9.84 Å². The van der Waals surface area contributed by atoms with E-state index in [-0.39, 0.29) is 21.0 Å². The zero-order chi connectivity index (χ0) is 15.6. The molecular weight excluding hydrogens is 320 g/mol. The van der Waals surface area contributed by atoms with Crippen LogP contribution in [0.1, 0.15) is 5.56 Å². The summed E-state index contributed by atoms with van der Waals surface area (Å²) in [5.74, 6) is -0.518. The van der Waals surface area contributed by atoms with Gasteiger partial charge in [-0.1, -0.05) is 11.6 Å². The van der Waals surface area contributed by atoms with Crippen molar-refractivity contribution in [3.63, 3.8) is 0 Å². The number of hydrogen-bond acceptors (Lipinski definition) is 5. The maximum absolute atomic E-state index is 12.2. The lowest BCUT2D eigenvalue weighted by atomic mass is 10.2. The van der Waals surface area contributed by atoms with Crippen molar-refractivity contribution in [1.82, 2.24) is 0 Å². The Balaban J connectivity index is 2.38. The topological polar surface area (TPSA) is 104 Å². The quantitative estimate of drug-likeness (QED) is 0.368. The highest BCUT2D eigenvalue weighted by Gasteiger charge is 2.25. The smallest absolute Gasteiger partial charge is 0.308 e. The van der Waals surface area contributed by atoms with Crippen LogP contribution in [0.2, 0.25) is 5.02 Å². The van der Waals surface area contributed by atoms with Gasteiger partial charge in [-0.25, -0.2) is 8.42 Å². The number of nitro groups is 1. The number of halogens is 1. The van der Waals surface area contributed by atoms with Gasteiger partial charge in [-0.3, -0.25) is 10.1 Å². The van der Waals surface area contributed by atoms with Gasteiger partial charge in [0.1, 0.15) is 0 Å². The summed E-state index contributed by atoms with van der Waals surface area (Å²) < 4.78 is 24.6. The molecule has 2 rings (SSSR count). The first-order valence-electron chi connectivity index (χ1n) is 5.65. The standard InChI is InChI=1S/C12H9ClN2O5S/c13-11-7-10(15(17)18)5-4-9(11)8-21(19,20)12-3-1-2-6-14(12)16/h1-7H,8H2. The van der Waals surface area contributed by atoms with Crippen LogP contribution in [-0.4, -0.2) is 13.3 Å². The molecule has 0 amide bonds. The number of non-ortho nitro benzene ring substituents is 1. The molecule has 0 saturated carbocycles. The van der Waals surface area contributed by atoms with Gasteiger partial charge in [0, 0.05) is 24.3 Å². The van der Waals surface area contributed by atoms with E-state index >= 15 is 0 Å². The summed E-state index contributed by atoms with van der Waals surface area (Å²) in [6.07, 6.45) is 1.07. The molecular formula is C12H9ClN2O5S. The Bertz CT molecular complexity index is 807. The highest BCUT2D eigenvalue weighted by atomic mass is 35.5. The average Bonchev–Trinajstić information content (AvgIpc) is 2.41. The van der Waals surface area contributed by atoms with Crippen LogP contribution in [0.3, 0.4) is 0 Å². The van der Waals surface area contributed by atoms with Gasteiger partial charge in [-0.15, -0.1) is 0 Å². The predicted molar refractivity (Wildman–Crippen MR) is 74.4 cm³/mol. The lowest BCUT2D eigenvalue weighted by molar-refractivity contribution is -0.646. The molecule has 0 fully saturated rings. The van der Waals surface area contributed by atoms with Crippen molar-refractivity contribution in [3.05, 3.63) is 68.5 Å². The number of sulfone groups is 1. The fourth-order valence-electron chi connectivity index (χ4n) is 1.70. The largest absolute Gasteiger partial charge is 0.618 e. The lowest BCUT2D eigenvalue weighted by Crippen LogP contribution is -2.33. The monoisotopic (exact) mass is 328 g/mol.